The van der Waals surface area contributed by atoms with Crippen LogP contribution >= 0.6 is 11.3 Å². The van der Waals surface area contributed by atoms with Gasteiger partial charge < -0.3 is 10.0 Å². The normalized spacial score (nSPS) is 21.3. The van der Waals surface area contributed by atoms with Crippen LogP contribution < -0.4 is 4.90 Å². The molecule has 1 aromatic heterocycles. The number of anilines is 1. The first-order valence-electron chi connectivity index (χ1n) is 6.35. The zero-order valence-electron chi connectivity index (χ0n) is 10.4. The van der Waals surface area contributed by atoms with Crippen LogP contribution in [0.25, 0.3) is 0 Å². The van der Waals surface area contributed by atoms with E-state index in [0.717, 1.165) is 42.2 Å². The molecule has 1 saturated carbocycles. The Bertz CT molecular complexity index is 462. The molecule has 3 rings (SSSR count). The fraction of sp³-hybridized carbons (Fsp3) is 0.667. The van der Waals surface area contributed by atoms with Crippen LogP contribution in [0.3, 0.4) is 0 Å². The Balaban J connectivity index is 1.68. The Hall–Kier alpha value is -1.14. The Kier molecular flexibility index (Phi) is 2.99. The molecule has 18 heavy (non-hydrogen) atoms. The van der Waals surface area contributed by atoms with E-state index in [-0.39, 0.29) is 5.69 Å². The minimum absolute atomic E-state index is 0.208. The van der Waals surface area contributed by atoms with Crippen molar-refractivity contribution in [1.29, 1.82) is 0 Å². The Morgan fingerprint density at radius 3 is 2.50 bits per heavy atom. The maximum atomic E-state index is 11.0. The van der Waals surface area contributed by atoms with Crippen molar-refractivity contribution in [2.24, 2.45) is 0 Å². The first-order chi connectivity index (χ1) is 8.65. The van der Waals surface area contributed by atoms with Crippen LogP contribution in [0.1, 0.15) is 28.2 Å². The van der Waals surface area contributed by atoms with Gasteiger partial charge in [0.05, 0.1) is 0 Å². The quantitative estimate of drug-likeness (QED) is 0.898. The molecular weight excluding hydrogens is 250 g/mol. The highest BCUT2D eigenvalue weighted by Crippen LogP contribution is 2.30. The molecule has 0 radical (unpaired) electrons. The van der Waals surface area contributed by atoms with Gasteiger partial charge in [0.2, 0.25) is 0 Å². The molecule has 1 aliphatic heterocycles. The largest absolute Gasteiger partial charge is 0.476 e. The van der Waals surface area contributed by atoms with Crippen LogP contribution in [0.15, 0.2) is 0 Å². The number of carboxylic acids is 1. The van der Waals surface area contributed by atoms with Gasteiger partial charge in [-0.1, -0.05) is 0 Å². The molecular formula is C12H17N3O2S. The number of piperazine rings is 1. The number of aromatic nitrogens is 1. The van der Waals surface area contributed by atoms with Gasteiger partial charge in [0, 0.05) is 37.1 Å². The van der Waals surface area contributed by atoms with Crippen LogP contribution in [0.5, 0.6) is 0 Å². The molecule has 1 aromatic rings. The number of hydrogen-bond acceptors (Lipinski definition) is 5. The Morgan fingerprint density at radius 1 is 1.33 bits per heavy atom. The minimum Gasteiger partial charge on any atom is -0.476 e. The summed E-state index contributed by atoms with van der Waals surface area (Å²) in [7, 11) is 0. The summed E-state index contributed by atoms with van der Waals surface area (Å²) in [6.07, 6.45) is 2.69. The van der Waals surface area contributed by atoms with Gasteiger partial charge in [0.25, 0.3) is 0 Å². The summed E-state index contributed by atoms with van der Waals surface area (Å²) in [6, 6.07) is 0.819. The zero-order valence-corrected chi connectivity index (χ0v) is 11.2. The number of rotatable bonds is 3. The van der Waals surface area contributed by atoms with E-state index in [0.29, 0.717) is 0 Å². The van der Waals surface area contributed by atoms with E-state index < -0.39 is 5.97 Å². The molecule has 5 nitrogen and oxygen atoms in total. The third kappa shape index (κ3) is 2.22. The molecule has 98 valence electrons. The summed E-state index contributed by atoms with van der Waals surface area (Å²) in [5.74, 6) is -0.924. The first kappa shape index (κ1) is 11.9. The molecule has 2 heterocycles. The smallest absolute Gasteiger partial charge is 0.355 e. The van der Waals surface area contributed by atoms with Crippen molar-refractivity contribution >= 4 is 22.4 Å². The van der Waals surface area contributed by atoms with Crippen molar-refractivity contribution in [3.8, 4) is 0 Å². The van der Waals surface area contributed by atoms with Crippen molar-refractivity contribution in [1.82, 2.24) is 9.88 Å². The van der Waals surface area contributed by atoms with Crippen molar-refractivity contribution in [3.05, 3.63) is 10.6 Å². The Morgan fingerprint density at radius 2 is 2.00 bits per heavy atom. The number of thiazole rings is 1. The second kappa shape index (κ2) is 4.51. The van der Waals surface area contributed by atoms with Gasteiger partial charge >= 0.3 is 5.97 Å². The molecule has 6 heteroatoms. The van der Waals surface area contributed by atoms with E-state index in [1.165, 1.54) is 24.2 Å². The third-order valence-electron chi connectivity index (χ3n) is 3.64. The van der Waals surface area contributed by atoms with Gasteiger partial charge in [-0.05, 0) is 19.8 Å². The molecule has 0 amide bonds. The summed E-state index contributed by atoms with van der Waals surface area (Å²) in [4.78, 5) is 20.8. The first-order valence-corrected chi connectivity index (χ1v) is 7.16. The lowest BCUT2D eigenvalue weighted by Gasteiger charge is -2.34. The monoisotopic (exact) mass is 267 g/mol. The lowest BCUT2D eigenvalue weighted by Crippen LogP contribution is -2.47. The van der Waals surface area contributed by atoms with E-state index in [9.17, 15) is 4.79 Å². The molecule has 1 aliphatic carbocycles. The predicted molar refractivity (Wildman–Crippen MR) is 70.6 cm³/mol. The maximum absolute atomic E-state index is 11.0. The number of aromatic carboxylic acids is 1. The van der Waals surface area contributed by atoms with Crippen molar-refractivity contribution < 1.29 is 9.90 Å². The summed E-state index contributed by atoms with van der Waals surface area (Å²) in [5, 5.41) is 9.88. The van der Waals surface area contributed by atoms with Gasteiger partial charge in [0.1, 0.15) is 0 Å². The summed E-state index contributed by atoms with van der Waals surface area (Å²) in [5.41, 5.74) is 0.208. The number of aryl methyl sites for hydroxylation is 1. The second-order valence-electron chi connectivity index (χ2n) is 4.96. The average molecular weight is 267 g/mol. The van der Waals surface area contributed by atoms with E-state index >= 15 is 0 Å². The highest BCUT2D eigenvalue weighted by Gasteiger charge is 2.32. The number of carboxylic acid groups (broad SMARTS) is 1. The molecule has 2 fully saturated rings. The van der Waals surface area contributed by atoms with E-state index in [4.69, 9.17) is 5.11 Å². The third-order valence-corrected chi connectivity index (χ3v) is 4.67. The highest BCUT2D eigenvalue weighted by molar-refractivity contribution is 7.15. The van der Waals surface area contributed by atoms with Gasteiger partial charge in [-0.2, -0.15) is 0 Å². The van der Waals surface area contributed by atoms with Crippen molar-refractivity contribution in [3.63, 3.8) is 0 Å². The molecule has 0 atom stereocenters. The minimum atomic E-state index is -0.924. The van der Waals surface area contributed by atoms with Gasteiger partial charge in [-0.25, -0.2) is 9.78 Å². The number of nitrogens with zero attached hydrogens (tertiary/aromatic N) is 3. The lowest BCUT2D eigenvalue weighted by atomic mass is 10.3. The second-order valence-corrected chi connectivity index (χ2v) is 6.14. The molecule has 0 bridgehead atoms. The molecule has 1 saturated heterocycles. The van der Waals surface area contributed by atoms with E-state index in [1.807, 2.05) is 6.92 Å². The molecule has 2 aliphatic rings. The fourth-order valence-corrected chi connectivity index (χ4v) is 3.39. The van der Waals surface area contributed by atoms with E-state index in [1.54, 1.807) is 0 Å². The number of carbonyl (C=O) groups is 1. The topological polar surface area (TPSA) is 56.7 Å². The van der Waals surface area contributed by atoms with Gasteiger partial charge in [-0.15, -0.1) is 11.3 Å². The molecule has 1 N–H and O–H groups in total. The van der Waals surface area contributed by atoms with Crippen LogP contribution in [0.4, 0.5) is 5.13 Å². The fourth-order valence-electron chi connectivity index (χ4n) is 2.43. The maximum Gasteiger partial charge on any atom is 0.355 e. The van der Waals surface area contributed by atoms with Crippen LogP contribution in [-0.4, -0.2) is 53.2 Å². The molecule has 0 spiro atoms. The van der Waals surface area contributed by atoms with Crippen molar-refractivity contribution in [2.45, 2.75) is 25.8 Å². The van der Waals surface area contributed by atoms with Crippen molar-refractivity contribution in [2.75, 3.05) is 31.1 Å². The highest BCUT2D eigenvalue weighted by atomic mass is 32.1. The predicted octanol–water partition coefficient (Wildman–Crippen LogP) is 1.43. The van der Waals surface area contributed by atoms with Crippen LogP contribution in [-0.2, 0) is 0 Å². The van der Waals surface area contributed by atoms with Gasteiger partial charge in [0.15, 0.2) is 10.8 Å². The summed E-state index contributed by atoms with van der Waals surface area (Å²) in [6.45, 7) is 5.90. The molecule has 0 aromatic carbocycles. The zero-order chi connectivity index (χ0) is 12.7. The summed E-state index contributed by atoms with van der Waals surface area (Å²) >= 11 is 1.49. The van der Waals surface area contributed by atoms with Gasteiger partial charge in [-0.3, -0.25) is 4.90 Å². The van der Waals surface area contributed by atoms with E-state index in [2.05, 4.69) is 14.8 Å². The summed E-state index contributed by atoms with van der Waals surface area (Å²) < 4.78 is 0. The lowest BCUT2D eigenvalue weighted by molar-refractivity contribution is 0.0690. The van der Waals surface area contributed by atoms with Crippen LogP contribution in [0, 0.1) is 6.92 Å². The Labute approximate surface area is 110 Å². The number of hydrogen-bond donors (Lipinski definition) is 1. The standard InChI is InChI=1S/C12H17N3O2S/c1-8-10(11(16)17)13-12(18-8)15-6-4-14(5-7-15)9-2-3-9/h9H,2-7H2,1H3,(H,16,17). The average Bonchev–Trinajstić information content (AvgIpc) is 3.12. The van der Waals surface area contributed by atoms with Crippen LogP contribution in [0.2, 0.25) is 0 Å². The molecule has 0 unspecified atom stereocenters. The SMILES string of the molecule is Cc1sc(N2CCN(C3CC3)CC2)nc1C(=O)O.